The summed E-state index contributed by atoms with van der Waals surface area (Å²) in [4.78, 5) is 17.5. The van der Waals surface area contributed by atoms with E-state index in [-0.39, 0.29) is 22.6 Å². The molecule has 0 atom stereocenters. The largest absolute Gasteiger partial charge is 0.370 e. The maximum atomic E-state index is 10.7. The van der Waals surface area contributed by atoms with Crippen molar-refractivity contribution in [3.8, 4) is 0 Å². The van der Waals surface area contributed by atoms with Gasteiger partial charge < -0.3 is 17.2 Å². The fraction of sp³-hybridized carbons (Fsp3) is 0.111. The van der Waals surface area contributed by atoms with Gasteiger partial charge >= 0.3 is 0 Å². The second kappa shape index (κ2) is 5.32. The van der Waals surface area contributed by atoms with Gasteiger partial charge in [-0.15, -0.1) is 0 Å². The van der Waals surface area contributed by atoms with Crippen molar-refractivity contribution in [2.45, 2.75) is 6.92 Å². The van der Waals surface area contributed by atoms with Crippen molar-refractivity contribution in [1.82, 2.24) is 0 Å². The number of guanidine groups is 2. The first-order valence-electron chi connectivity index (χ1n) is 4.70. The van der Waals surface area contributed by atoms with E-state index in [1.165, 1.54) is 12.1 Å². The first kappa shape index (κ1) is 13.7. The van der Waals surface area contributed by atoms with Crippen molar-refractivity contribution in [2.24, 2.45) is 27.2 Å². The predicted octanol–water partition coefficient (Wildman–Crippen LogP) is 0.776. The molecule has 0 unspecified atom stereocenters. The Bertz CT molecular complexity index is 550. The second-order valence-electron chi connectivity index (χ2n) is 3.31. The Morgan fingerprint density at radius 1 is 1.39 bits per heavy atom. The maximum absolute atomic E-state index is 10.7. The zero-order valence-electron chi connectivity index (χ0n) is 9.42. The molecule has 0 amide bonds. The molecule has 0 aliphatic rings. The Morgan fingerprint density at radius 2 is 2.00 bits per heavy atom. The third-order valence-electron chi connectivity index (χ3n) is 2.01. The highest BCUT2D eigenvalue weighted by molar-refractivity contribution is 6.33. The molecule has 18 heavy (non-hydrogen) atoms. The Hall–Kier alpha value is -2.35. The molecule has 8 nitrogen and oxygen atoms in total. The van der Waals surface area contributed by atoms with Gasteiger partial charge in [-0.2, -0.15) is 4.99 Å². The normalized spacial score (nSPS) is 11.1. The first-order chi connectivity index (χ1) is 8.32. The summed E-state index contributed by atoms with van der Waals surface area (Å²) in [5.41, 5.74) is 16.3. The number of benzene rings is 1. The smallest absolute Gasteiger partial charge is 0.288 e. The lowest BCUT2D eigenvalue weighted by Crippen LogP contribution is -2.26. The molecule has 0 bridgehead atoms. The molecule has 6 N–H and O–H groups in total. The van der Waals surface area contributed by atoms with Crippen molar-refractivity contribution < 1.29 is 4.92 Å². The van der Waals surface area contributed by atoms with Crippen molar-refractivity contribution in [3.05, 3.63) is 32.8 Å². The van der Waals surface area contributed by atoms with Crippen LogP contribution < -0.4 is 17.2 Å². The summed E-state index contributed by atoms with van der Waals surface area (Å²) < 4.78 is 0. The molecule has 1 aromatic carbocycles. The lowest BCUT2D eigenvalue weighted by atomic mass is 10.2. The van der Waals surface area contributed by atoms with Crippen LogP contribution >= 0.6 is 11.6 Å². The van der Waals surface area contributed by atoms with Crippen LogP contribution in [-0.4, -0.2) is 16.8 Å². The van der Waals surface area contributed by atoms with Crippen LogP contribution in [0.5, 0.6) is 0 Å². The van der Waals surface area contributed by atoms with Gasteiger partial charge in [-0.05, 0) is 13.0 Å². The number of aliphatic imine (C=N–C) groups is 2. The highest BCUT2D eigenvalue weighted by Gasteiger charge is 2.16. The van der Waals surface area contributed by atoms with Gasteiger partial charge in [-0.25, -0.2) is 4.99 Å². The molecule has 1 aromatic rings. The monoisotopic (exact) mass is 270 g/mol. The standard InChI is InChI=1S/C9H11ClN6O2/c1-4-5(14-9(13)15-8(11)12)2-3-6(7(4)10)16(17)18/h2-3H,1H3,(H6,11,12,13,14,15). The fourth-order valence-electron chi connectivity index (χ4n) is 1.20. The van der Waals surface area contributed by atoms with Crippen molar-refractivity contribution >= 4 is 34.9 Å². The minimum atomic E-state index is -0.581. The molecule has 0 spiro atoms. The van der Waals surface area contributed by atoms with Crippen LogP contribution in [-0.2, 0) is 0 Å². The van der Waals surface area contributed by atoms with Crippen LogP contribution in [0.3, 0.4) is 0 Å². The zero-order chi connectivity index (χ0) is 13.9. The predicted molar refractivity (Wildman–Crippen MR) is 69.9 cm³/mol. The van der Waals surface area contributed by atoms with E-state index in [0.29, 0.717) is 11.3 Å². The highest BCUT2D eigenvalue weighted by atomic mass is 35.5. The van der Waals surface area contributed by atoms with Gasteiger partial charge in [0.25, 0.3) is 5.69 Å². The quantitative estimate of drug-likeness (QED) is 0.314. The number of hydrogen-bond acceptors (Lipinski definition) is 3. The average Bonchev–Trinajstić information content (AvgIpc) is 2.23. The molecule has 0 aromatic heterocycles. The van der Waals surface area contributed by atoms with Gasteiger partial charge in [0.15, 0.2) is 5.96 Å². The minimum absolute atomic E-state index is 0.00116. The SMILES string of the molecule is Cc1c(N=C(N)N=C(N)N)ccc([N+](=O)[O-])c1Cl. The number of rotatable bonds is 2. The third-order valence-corrected chi connectivity index (χ3v) is 2.49. The summed E-state index contributed by atoms with van der Waals surface area (Å²) in [7, 11) is 0. The van der Waals surface area contributed by atoms with E-state index >= 15 is 0 Å². The molecule has 0 fully saturated rings. The van der Waals surface area contributed by atoms with Crippen LogP contribution in [0.1, 0.15) is 5.56 Å². The van der Waals surface area contributed by atoms with Gasteiger partial charge in [0, 0.05) is 11.6 Å². The Balaban J connectivity index is 3.26. The Morgan fingerprint density at radius 3 is 2.50 bits per heavy atom. The van der Waals surface area contributed by atoms with Crippen LogP contribution in [0.4, 0.5) is 11.4 Å². The van der Waals surface area contributed by atoms with Gasteiger partial charge in [-0.3, -0.25) is 10.1 Å². The van der Waals surface area contributed by atoms with Crippen molar-refractivity contribution in [2.75, 3.05) is 0 Å². The molecule has 0 radical (unpaired) electrons. The molecule has 0 saturated heterocycles. The molecule has 1 rings (SSSR count). The third kappa shape index (κ3) is 3.08. The van der Waals surface area contributed by atoms with E-state index in [0.717, 1.165) is 0 Å². The number of nitrogens with two attached hydrogens (primary N) is 3. The van der Waals surface area contributed by atoms with E-state index in [9.17, 15) is 10.1 Å². The zero-order valence-corrected chi connectivity index (χ0v) is 10.2. The Labute approximate surface area is 107 Å². The lowest BCUT2D eigenvalue weighted by Gasteiger charge is -2.03. The average molecular weight is 271 g/mol. The van der Waals surface area contributed by atoms with E-state index in [1.54, 1.807) is 6.92 Å². The molecule has 0 heterocycles. The summed E-state index contributed by atoms with van der Waals surface area (Å²) in [6, 6.07) is 2.64. The highest BCUT2D eigenvalue weighted by Crippen LogP contribution is 2.33. The summed E-state index contributed by atoms with van der Waals surface area (Å²) in [6.07, 6.45) is 0. The summed E-state index contributed by atoms with van der Waals surface area (Å²) in [6.45, 7) is 1.58. The summed E-state index contributed by atoms with van der Waals surface area (Å²) in [5.74, 6) is -0.398. The van der Waals surface area contributed by atoms with Gasteiger partial charge in [-0.1, -0.05) is 11.6 Å². The van der Waals surface area contributed by atoms with E-state index in [2.05, 4.69) is 9.98 Å². The summed E-state index contributed by atoms with van der Waals surface area (Å²) in [5, 5.41) is 10.7. The van der Waals surface area contributed by atoms with Gasteiger partial charge in [0.2, 0.25) is 5.96 Å². The molecule has 0 aliphatic carbocycles. The van der Waals surface area contributed by atoms with E-state index in [1.807, 2.05) is 0 Å². The van der Waals surface area contributed by atoms with Gasteiger partial charge in [0.1, 0.15) is 5.02 Å². The number of hydrogen-bond donors (Lipinski definition) is 3. The minimum Gasteiger partial charge on any atom is -0.370 e. The van der Waals surface area contributed by atoms with E-state index in [4.69, 9.17) is 28.8 Å². The van der Waals surface area contributed by atoms with Gasteiger partial charge in [0.05, 0.1) is 10.6 Å². The van der Waals surface area contributed by atoms with Crippen molar-refractivity contribution in [3.63, 3.8) is 0 Å². The second-order valence-corrected chi connectivity index (χ2v) is 3.68. The summed E-state index contributed by atoms with van der Waals surface area (Å²) >= 11 is 5.85. The number of nitro groups is 1. The number of nitrogens with zero attached hydrogens (tertiary/aromatic N) is 3. The first-order valence-corrected chi connectivity index (χ1v) is 5.08. The topological polar surface area (TPSA) is 146 Å². The molecule has 0 aliphatic heterocycles. The van der Waals surface area contributed by atoms with Crippen LogP contribution in [0, 0.1) is 17.0 Å². The number of nitro benzene ring substituents is 1. The maximum Gasteiger partial charge on any atom is 0.288 e. The van der Waals surface area contributed by atoms with Crippen LogP contribution in [0.15, 0.2) is 22.1 Å². The Kier molecular flexibility index (Phi) is 4.05. The molecular weight excluding hydrogens is 260 g/mol. The molecular formula is C9H11ClN6O2. The van der Waals surface area contributed by atoms with E-state index < -0.39 is 4.92 Å². The lowest BCUT2D eigenvalue weighted by molar-refractivity contribution is -0.384. The fourth-order valence-corrected chi connectivity index (χ4v) is 1.43. The van der Waals surface area contributed by atoms with Crippen molar-refractivity contribution in [1.29, 1.82) is 0 Å². The molecule has 0 saturated carbocycles. The molecule has 9 heteroatoms. The number of halogens is 1. The van der Waals surface area contributed by atoms with Crippen LogP contribution in [0.25, 0.3) is 0 Å². The van der Waals surface area contributed by atoms with Crippen LogP contribution in [0.2, 0.25) is 5.02 Å². The molecule has 96 valence electrons.